The molecule has 0 radical (unpaired) electrons. The van der Waals surface area contributed by atoms with Gasteiger partial charge in [-0.15, -0.1) is 0 Å². The van der Waals surface area contributed by atoms with Crippen molar-refractivity contribution in [3.05, 3.63) is 34.9 Å². The highest BCUT2D eigenvalue weighted by Crippen LogP contribution is 2.39. The van der Waals surface area contributed by atoms with Crippen LogP contribution in [0.25, 0.3) is 0 Å². The molecule has 1 amide bonds. The zero-order valence-electron chi connectivity index (χ0n) is 9.97. The Bertz CT molecular complexity index is 433. The molecule has 1 atom stereocenters. The molecule has 0 aliphatic heterocycles. The van der Waals surface area contributed by atoms with Crippen LogP contribution in [0.15, 0.2) is 24.3 Å². The standard InChI is InChI=1S/C13H17ClN2O2/c14-11-4-2-1-3-10(11)8-5-9(6-8)16-7-12(17)13(15)18/h1-4,8-9,12,16-17H,5-7H2,(H2,15,18). The van der Waals surface area contributed by atoms with Crippen molar-refractivity contribution >= 4 is 17.5 Å². The number of aliphatic hydroxyl groups excluding tert-OH is 1. The highest BCUT2D eigenvalue weighted by Gasteiger charge is 2.31. The number of hydrogen-bond acceptors (Lipinski definition) is 3. The average Bonchev–Trinajstić information content (AvgIpc) is 2.28. The molecule has 0 bridgehead atoms. The molecule has 1 aromatic rings. The van der Waals surface area contributed by atoms with Crippen LogP contribution in [0.4, 0.5) is 0 Å². The Morgan fingerprint density at radius 3 is 2.78 bits per heavy atom. The third-order valence-corrected chi connectivity index (χ3v) is 3.76. The second kappa shape index (κ2) is 5.69. The minimum Gasteiger partial charge on any atom is -0.382 e. The lowest BCUT2D eigenvalue weighted by Crippen LogP contribution is -2.46. The fourth-order valence-corrected chi connectivity index (χ4v) is 2.51. The molecule has 0 aromatic heterocycles. The maximum atomic E-state index is 10.7. The molecular weight excluding hydrogens is 252 g/mol. The molecule has 2 rings (SSSR count). The Labute approximate surface area is 111 Å². The smallest absolute Gasteiger partial charge is 0.247 e. The molecule has 1 aliphatic carbocycles. The van der Waals surface area contributed by atoms with E-state index in [0.29, 0.717) is 12.0 Å². The van der Waals surface area contributed by atoms with Crippen LogP contribution in [0.5, 0.6) is 0 Å². The molecule has 18 heavy (non-hydrogen) atoms. The van der Waals surface area contributed by atoms with E-state index in [1.165, 1.54) is 5.56 Å². The van der Waals surface area contributed by atoms with Crippen molar-refractivity contribution in [2.24, 2.45) is 5.73 Å². The van der Waals surface area contributed by atoms with E-state index < -0.39 is 12.0 Å². The van der Waals surface area contributed by atoms with Gasteiger partial charge in [0.1, 0.15) is 6.10 Å². The quantitative estimate of drug-likeness (QED) is 0.746. The maximum absolute atomic E-state index is 10.7. The average molecular weight is 269 g/mol. The summed E-state index contributed by atoms with van der Waals surface area (Å²) in [5.41, 5.74) is 6.15. The first-order valence-corrected chi connectivity index (χ1v) is 6.41. The Hall–Kier alpha value is -1.10. The Balaban J connectivity index is 1.78. The summed E-state index contributed by atoms with van der Waals surface area (Å²) in [7, 11) is 0. The monoisotopic (exact) mass is 268 g/mol. The fourth-order valence-electron chi connectivity index (χ4n) is 2.22. The van der Waals surface area contributed by atoms with E-state index in [2.05, 4.69) is 5.32 Å². The highest BCUT2D eigenvalue weighted by atomic mass is 35.5. The Morgan fingerprint density at radius 2 is 2.17 bits per heavy atom. The molecule has 1 saturated carbocycles. The number of aliphatic hydroxyl groups is 1. The second-order valence-corrected chi connectivity index (χ2v) is 5.12. The summed E-state index contributed by atoms with van der Waals surface area (Å²) >= 11 is 6.13. The van der Waals surface area contributed by atoms with E-state index in [1.807, 2.05) is 24.3 Å². The van der Waals surface area contributed by atoms with Crippen LogP contribution in [0.3, 0.4) is 0 Å². The minimum atomic E-state index is -1.11. The van der Waals surface area contributed by atoms with Gasteiger partial charge in [-0.1, -0.05) is 29.8 Å². The normalized spacial score (nSPS) is 24.3. The van der Waals surface area contributed by atoms with Gasteiger partial charge in [-0.25, -0.2) is 0 Å². The number of primary amides is 1. The van der Waals surface area contributed by atoms with Gasteiger partial charge in [0, 0.05) is 17.6 Å². The van der Waals surface area contributed by atoms with Crippen molar-refractivity contribution in [3.63, 3.8) is 0 Å². The summed E-state index contributed by atoms with van der Waals surface area (Å²) in [6.07, 6.45) is 0.828. The van der Waals surface area contributed by atoms with Crippen molar-refractivity contribution in [3.8, 4) is 0 Å². The van der Waals surface area contributed by atoms with Crippen molar-refractivity contribution in [2.75, 3.05) is 6.54 Å². The third-order valence-electron chi connectivity index (χ3n) is 3.41. The summed E-state index contributed by atoms with van der Waals surface area (Å²) < 4.78 is 0. The van der Waals surface area contributed by atoms with Crippen LogP contribution in [-0.2, 0) is 4.79 Å². The molecule has 4 N–H and O–H groups in total. The number of benzene rings is 1. The molecule has 4 nitrogen and oxygen atoms in total. The van der Waals surface area contributed by atoms with E-state index in [0.717, 1.165) is 17.9 Å². The first-order valence-electron chi connectivity index (χ1n) is 6.03. The Kier molecular flexibility index (Phi) is 4.22. The summed E-state index contributed by atoms with van der Waals surface area (Å²) in [6.45, 7) is 0.218. The zero-order valence-corrected chi connectivity index (χ0v) is 10.7. The van der Waals surface area contributed by atoms with Crippen LogP contribution in [0.2, 0.25) is 5.02 Å². The SMILES string of the molecule is NC(=O)C(O)CNC1CC(c2ccccc2Cl)C1. The number of carbonyl (C=O) groups excluding carboxylic acids is 1. The molecular formula is C13H17ClN2O2. The van der Waals surface area contributed by atoms with Gasteiger partial charge < -0.3 is 16.2 Å². The molecule has 98 valence electrons. The molecule has 1 aliphatic rings. The predicted octanol–water partition coefficient (Wildman–Crippen LogP) is 1.02. The molecule has 1 aromatic carbocycles. The summed E-state index contributed by atoms with van der Waals surface area (Å²) in [5, 5.41) is 13.2. The topological polar surface area (TPSA) is 75.4 Å². The predicted molar refractivity (Wildman–Crippen MR) is 70.4 cm³/mol. The number of rotatable bonds is 5. The highest BCUT2D eigenvalue weighted by molar-refractivity contribution is 6.31. The lowest BCUT2D eigenvalue weighted by molar-refractivity contribution is -0.125. The largest absolute Gasteiger partial charge is 0.382 e. The first-order chi connectivity index (χ1) is 8.58. The molecule has 1 unspecified atom stereocenters. The number of carbonyl (C=O) groups is 1. The summed E-state index contributed by atoms with van der Waals surface area (Å²) in [5.74, 6) is -0.230. The number of amides is 1. The number of hydrogen-bond donors (Lipinski definition) is 3. The van der Waals surface area contributed by atoms with Crippen LogP contribution in [0.1, 0.15) is 24.3 Å². The van der Waals surface area contributed by atoms with Crippen LogP contribution >= 0.6 is 11.6 Å². The van der Waals surface area contributed by atoms with E-state index >= 15 is 0 Å². The van der Waals surface area contributed by atoms with E-state index in [4.69, 9.17) is 17.3 Å². The van der Waals surface area contributed by atoms with Crippen LogP contribution < -0.4 is 11.1 Å². The Morgan fingerprint density at radius 1 is 1.50 bits per heavy atom. The first kappa shape index (κ1) is 13.3. The van der Waals surface area contributed by atoms with Gasteiger partial charge in [0.15, 0.2) is 0 Å². The molecule has 0 saturated heterocycles. The molecule has 1 fully saturated rings. The summed E-state index contributed by atoms with van der Waals surface area (Å²) in [6, 6.07) is 8.17. The lowest BCUT2D eigenvalue weighted by Gasteiger charge is -2.37. The van der Waals surface area contributed by atoms with Gasteiger partial charge >= 0.3 is 0 Å². The number of nitrogens with one attached hydrogen (secondary N) is 1. The van der Waals surface area contributed by atoms with Crippen molar-refractivity contribution in [1.29, 1.82) is 0 Å². The van der Waals surface area contributed by atoms with Gasteiger partial charge in [0.05, 0.1) is 0 Å². The lowest BCUT2D eigenvalue weighted by atomic mass is 9.76. The van der Waals surface area contributed by atoms with Gasteiger partial charge in [0.2, 0.25) is 5.91 Å². The van der Waals surface area contributed by atoms with Gasteiger partial charge in [-0.05, 0) is 30.4 Å². The summed E-state index contributed by atoms with van der Waals surface area (Å²) in [4.78, 5) is 10.7. The number of nitrogens with two attached hydrogens (primary N) is 1. The fraction of sp³-hybridized carbons (Fsp3) is 0.462. The minimum absolute atomic E-state index is 0.218. The van der Waals surface area contributed by atoms with E-state index in [9.17, 15) is 9.90 Å². The number of halogens is 1. The second-order valence-electron chi connectivity index (χ2n) is 4.71. The molecule has 5 heteroatoms. The van der Waals surface area contributed by atoms with Gasteiger partial charge in [-0.2, -0.15) is 0 Å². The zero-order chi connectivity index (χ0) is 13.1. The van der Waals surface area contributed by atoms with Crippen LogP contribution in [-0.4, -0.2) is 29.7 Å². The van der Waals surface area contributed by atoms with Gasteiger partial charge in [0.25, 0.3) is 0 Å². The molecule has 0 spiro atoms. The van der Waals surface area contributed by atoms with Crippen molar-refractivity contribution in [2.45, 2.75) is 30.9 Å². The van der Waals surface area contributed by atoms with Crippen molar-refractivity contribution in [1.82, 2.24) is 5.32 Å². The maximum Gasteiger partial charge on any atom is 0.247 e. The third kappa shape index (κ3) is 3.02. The van der Waals surface area contributed by atoms with Gasteiger partial charge in [-0.3, -0.25) is 4.79 Å². The molecule has 0 heterocycles. The van der Waals surface area contributed by atoms with E-state index in [-0.39, 0.29) is 6.54 Å². The van der Waals surface area contributed by atoms with Crippen LogP contribution in [0, 0.1) is 0 Å². The van der Waals surface area contributed by atoms with E-state index in [1.54, 1.807) is 0 Å². The van der Waals surface area contributed by atoms with Crippen molar-refractivity contribution < 1.29 is 9.90 Å².